The maximum atomic E-state index is 13.2. The molecule has 1 aromatic rings. The summed E-state index contributed by atoms with van der Waals surface area (Å²) in [4.78, 5) is 0. The Morgan fingerprint density at radius 3 is 2.31 bits per heavy atom. The van der Waals surface area contributed by atoms with E-state index in [-0.39, 0.29) is 13.0 Å². The van der Waals surface area contributed by atoms with Crippen molar-refractivity contribution in [2.24, 2.45) is 5.73 Å². The van der Waals surface area contributed by atoms with Crippen LogP contribution in [0.5, 0.6) is 0 Å². The molecule has 0 fully saturated rings. The second kappa shape index (κ2) is 4.78. The number of halogens is 5. The van der Waals surface area contributed by atoms with Gasteiger partial charge >= 0.3 is 6.18 Å². The van der Waals surface area contributed by atoms with Crippen molar-refractivity contribution in [1.82, 2.24) is 0 Å². The van der Waals surface area contributed by atoms with E-state index in [1.807, 2.05) is 0 Å². The topological polar surface area (TPSA) is 26.0 Å². The summed E-state index contributed by atoms with van der Waals surface area (Å²) in [5.74, 6) is -1.20. The third kappa shape index (κ3) is 2.91. The fourth-order valence-electron chi connectivity index (χ4n) is 1.26. The second-order valence-corrected chi connectivity index (χ2v) is 3.28. The lowest BCUT2D eigenvalue weighted by atomic mass is 10.0. The maximum Gasteiger partial charge on any atom is 0.416 e. The Balaban J connectivity index is 3.00. The van der Waals surface area contributed by atoms with Crippen molar-refractivity contribution in [2.45, 2.75) is 18.8 Å². The SMILES string of the molecule is NCCC(F)c1ccc(C(F)(F)F)cc1F. The molecular formula is C10H10F5N. The monoisotopic (exact) mass is 239 g/mol. The van der Waals surface area contributed by atoms with Crippen LogP contribution in [-0.2, 0) is 6.18 Å². The predicted molar refractivity (Wildman–Crippen MR) is 48.9 cm³/mol. The summed E-state index contributed by atoms with van der Waals surface area (Å²) >= 11 is 0. The highest BCUT2D eigenvalue weighted by molar-refractivity contribution is 5.27. The standard InChI is InChI=1S/C10H10F5N/c11-8(3-4-16)7-2-1-6(5-9(7)12)10(13,14)15/h1-2,5,8H,3-4,16H2. The first-order chi connectivity index (χ1) is 7.36. The molecule has 0 spiro atoms. The third-order valence-corrected chi connectivity index (χ3v) is 2.09. The van der Waals surface area contributed by atoms with Gasteiger partial charge in [0.15, 0.2) is 0 Å². The lowest BCUT2D eigenvalue weighted by Gasteiger charge is -2.11. The van der Waals surface area contributed by atoms with Crippen molar-refractivity contribution < 1.29 is 22.0 Å². The third-order valence-electron chi connectivity index (χ3n) is 2.09. The van der Waals surface area contributed by atoms with Gasteiger partial charge in [0, 0.05) is 5.56 Å². The van der Waals surface area contributed by atoms with Crippen LogP contribution >= 0.6 is 0 Å². The van der Waals surface area contributed by atoms with Crippen LogP contribution in [0.1, 0.15) is 23.7 Å². The molecule has 1 unspecified atom stereocenters. The predicted octanol–water partition coefficient (Wildman–Crippen LogP) is 3.20. The van der Waals surface area contributed by atoms with Gasteiger partial charge in [-0.3, -0.25) is 0 Å². The van der Waals surface area contributed by atoms with Crippen molar-refractivity contribution in [3.8, 4) is 0 Å². The molecule has 0 aliphatic rings. The van der Waals surface area contributed by atoms with Gasteiger partial charge in [0.1, 0.15) is 12.0 Å². The Hall–Kier alpha value is -1.17. The molecule has 0 bridgehead atoms. The molecule has 1 atom stereocenters. The Bertz CT molecular complexity index is 361. The molecule has 0 amide bonds. The summed E-state index contributed by atoms with van der Waals surface area (Å²) in [7, 11) is 0. The zero-order valence-corrected chi connectivity index (χ0v) is 8.19. The Morgan fingerprint density at radius 2 is 1.88 bits per heavy atom. The fraction of sp³-hybridized carbons (Fsp3) is 0.400. The van der Waals surface area contributed by atoms with Crippen LogP contribution in [-0.4, -0.2) is 6.54 Å². The molecule has 1 rings (SSSR count). The molecule has 0 aliphatic heterocycles. The minimum absolute atomic E-state index is 0.00162. The summed E-state index contributed by atoms with van der Waals surface area (Å²) in [5, 5.41) is 0. The van der Waals surface area contributed by atoms with Crippen molar-refractivity contribution >= 4 is 0 Å². The first kappa shape index (κ1) is 12.9. The van der Waals surface area contributed by atoms with Crippen molar-refractivity contribution in [3.63, 3.8) is 0 Å². The smallest absolute Gasteiger partial charge is 0.330 e. The molecule has 1 nitrogen and oxygen atoms in total. The molecule has 0 radical (unpaired) electrons. The van der Waals surface area contributed by atoms with E-state index in [2.05, 4.69) is 0 Å². The minimum Gasteiger partial charge on any atom is -0.330 e. The molecule has 16 heavy (non-hydrogen) atoms. The molecule has 6 heteroatoms. The van der Waals surface area contributed by atoms with Gasteiger partial charge in [-0.1, -0.05) is 6.07 Å². The number of alkyl halides is 4. The number of benzene rings is 1. The average molecular weight is 239 g/mol. The van der Waals surface area contributed by atoms with Crippen LogP contribution in [0.4, 0.5) is 22.0 Å². The summed E-state index contributed by atoms with van der Waals surface area (Å²) in [5.41, 5.74) is 3.55. The zero-order valence-electron chi connectivity index (χ0n) is 8.19. The molecule has 0 saturated heterocycles. The Kier molecular flexibility index (Phi) is 3.85. The zero-order chi connectivity index (χ0) is 12.3. The van der Waals surface area contributed by atoms with Crippen molar-refractivity contribution in [1.29, 1.82) is 0 Å². The van der Waals surface area contributed by atoms with Crippen LogP contribution in [0.15, 0.2) is 18.2 Å². The van der Waals surface area contributed by atoms with Gasteiger partial charge in [0.05, 0.1) is 5.56 Å². The van der Waals surface area contributed by atoms with Crippen LogP contribution in [0.3, 0.4) is 0 Å². The van der Waals surface area contributed by atoms with Crippen LogP contribution in [0, 0.1) is 5.82 Å². The number of hydrogen-bond acceptors (Lipinski definition) is 1. The van der Waals surface area contributed by atoms with Crippen LogP contribution < -0.4 is 5.73 Å². The van der Waals surface area contributed by atoms with E-state index >= 15 is 0 Å². The highest BCUT2D eigenvalue weighted by Gasteiger charge is 2.31. The van der Waals surface area contributed by atoms with Gasteiger partial charge in [0.25, 0.3) is 0 Å². The fourth-order valence-corrected chi connectivity index (χ4v) is 1.26. The van der Waals surface area contributed by atoms with Crippen molar-refractivity contribution in [3.05, 3.63) is 35.1 Å². The lowest BCUT2D eigenvalue weighted by Crippen LogP contribution is -2.08. The molecular weight excluding hydrogens is 229 g/mol. The van der Waals surface area contributed by atoms with Gasteiger partial charge in [0.2, 0.25) is 0 Å². The summed E-state index contributed by atoms with van der Waals surface area (Å²) in [6, 6.07) is 1.75. The van der Waals surface area contributed by atoms with E-state index in [0.29, 0.717) is 12.1 Å². The van der Waals surface area contributed by atoms with Gasteiger partial charge < -0.3 is 5.73 Å². The summed E-state index contributed by atoms with van der Waals surface area (Å²) in [6.07, 6.45) is -6.42. The highest BCUT2D eigenvalue weighted by atomic mass is 19.4. The first-order valence-electron chi connectivity index (χ1n) is 4.57. The van der Waals surface area contributed by atoms with E-state index in [4.69, 9.17) is 5.73 Å². The van der Waals surface area contributed by atoms with Crippen LogP contribution in [0.2, 0.25) is 0 Å². The number of nitrogens with two attached hydrogens (primary N) is 1. The van der Waals surface area contributed by atoms with Gasteiger partial charge in [-0.05, 0) is 25.1 Å². The van der Waals surface area contributed by atoms with Crippen molar-refractivity contribution in [2.75, 3.05) is 6.54 Å². The number of hydrogen-bond donors (Lipinski definition) is 1. The van der Waals surface area contributed by atoms with Gasteiger partial charge in [-0.25, -0.2) is 8.78 Å². The van der Waals surface area contributed by atoms with E-state index in [1.54, 1.807) is 0 Å². The molecule has 0 aromatic heterocycles. The van der Waals surface area contributed by atoms with E-state index in [1.165, 1.54) is 0 Å². The highest BCUT2D eigenvalue weighted by Crippen LogP contribution is 2.32. The Labute approximate surface area is 89.1 Å². The molecule has 0 saturated carbocycles. The molecule has 2 N–H and O–H groups in total. The Morgan fingerprint density at radius 1 is 1.25 bits per heavy atom. The van der Waals surface area contributed by atoms with E-state index in [9.17, 15) is 22.0 Å². The second-order valence-electron chi connectivity index (χ2n) is 3.28. The molecule has 0 aliphatic carbocycles. The maximum absolute atomic E-state index is 13.2. The minimum atomic E-state index is -4.63. The summed E-state index contributed by atoms with van der Waals surface area (Å²) < 4.78 is 62.9. The average Bonchev–Trinajstić information content (AvgIpc) is 2.16. The number of rotatable bonds is 3. The largest absolute Gasteiger partial charge is 0.416 e. The quantitative estimate of drug-likeness (QED) is 0.805. The normalized spacial score (nSPS) is 13.9. The molecule has 0 heterocycles. The van der Waals surface area contributed by atoms with E-state index < -0.39 is 29.3 Å². The summed E-state index contributed by atoms with van der Waals surface area (Å²) in [6.45, 7) is 0.00162. The van der Waals surface area contributed by atoms with Gasteiger partial charge in [-0.15, -0.1) is 0 Å². The lowest BCUT2D eigenvalue weighted by molar-refractivity contribution is -0.137. The van der Waals surface area contributed by atoms with Crippen LogP contribution in [0.25, 0.3) is 0 Å². The molecule has 1 aromatic carbocycles. The molecule has 90 valence electrons. The van der Waals surface area contributed by atoms with E-state index in [0.717, 1.165) is 6.07 Å². The first-order valence-corrected chi connectivity index (χ1v) is 4.57. The van der Waals surface area contributed by atoms with Gasteiger partial charge in [-0.2, -0.15) is 13.2 Å².